The van der Waals surface area contributed by atoms with Crippen molar-refractivity contribution in [2.45, 2.75) is 65.1 Å². The molecule has 0 spiro atoms. The first-order valence-corrected chi connectivity index (χ1v) is 12.4. The zero-order valence-electron chi connectivity index (χ0n) is 22.9. The quantitative estimate of drug-likeness (QED) is 0.403. The molecular weight excluding hydrogens is 476 g/mol. The first kappa shape index (κ1) is 31.6. The van der Waals surface area contributed by atoms with Crippen LogP contribution in [0.25, 0.3) is 0 Å². The Bertz CT molecular complexity index is 952. The van der Waals surface area contributed by atoms with Crippen molar-refractivity contribution in [1.82, 2.24) is 20.0 Å². The highest BCUT2D eigenvalue weighted by Crippen LogP contribution is 2.14. The van der Waals surface area contributed by atoms with Crippen LogP contribution < -0.4 is 16.8 Å². The van der Waals surface area contributed by atoms with Crippen molar-refractivity contribution in [3.63, 3.8) is 0 Å². The molecular formula is C26H42N6O5. The Morgan fingerprint density at radius 3 is 1.86 bits per heavy atom. The third-order valence-electron chi connectivity index (χ3n) is 6.04. The summed E-state index contributed by atoms with van der Waals surface area (Å²) in [7, 11) is 4.07. The number of nitrogens with two attached hydrogens (primary N) is 2. The lowest BCUT2D eigenvalue weighted by Crippen LogP contribution is -2.58. The van der Waals surface area contributed by atoms with E-state index in [-0.39, 0.29) is 18.3 Å². The minimum absolute atomic E-state index is 0.0770. The summed E-state index contributed by atoms with van der Waals surface area (Å²) in [5.41, 5.74) is 12.2. The van der Waals surface area contributed by atoms with Crippen LogP contribution in [0.5, 0.6) is 0 Å². The van der Waals surface area contributed by atoms with Gasteiger partial charge in [-0.2, -0.15) is 0 Å². The van der Waals surface area contributed by atoms with Crippen molar-refractivity contribution < 1.29 is 24.0 Å². The number of carbonyl (C=O) groups excluding carboxylic acids is 5. The molecule has 1 aromatic carbocycles. The Labute approximate surface area is 219 Å². The predicted molar refractivity (Wildman–Crippen MR) is 141 cm³/mol. The van der Waals surface area contributed by atoms with Gasteiger partial charge < -0.3 is 21.3 Å². The highest BCUT2D eigenvalue weighted by molar-refractivity contribution is 6.02. The Morgan fingerprint density at radius 2 is 1.38 bits per heavy atom. The van der Waals surface area contributed by atoms with Crippen molar-refractivity contribution in [3.8, 4) is 0 Å². The van der Waals surface area contributed by atoms with Crippen LogP contribution in [0, 0.1) is 11.8 Å². The summed E-state index contributed by atoms with van der Waals surface area (Å²) in [6.07, 6.45) is 0.798. The van der Waals surface area contributed by atoms with Crippen molar-refractivity contribution in [2.24, 2.45) is 23.3 Å². The summed E-state index contributed by atoms with van der Waals surface area (Å²) in [6.45, 7) is 7.60. The molecule has 7 amide bonds. The summed E-state index contributed by atoms with van der Waals surface area (Å²) < 4.78 is 0. The van der Waals surface area contributed by atoms with E-state index in [0.29, 0.717) is 12.8 Å². The molecule has 206 valence electrons. The van der Waals surface area contributed by atoms with Gasteiger partial charge in [-0.3, -0.25) is 24.6 Å². The van der Waals surface area contributed by atoms with Crippen LogP contribution in [0.1, 0.15) is 46.1 Å². The van der Waals surface area contributed by atoms with Crippen LogP contribution in [-0.2, 0) is 20.8 Å². The Morgan fingerprint density at radius 1 is 0.838 bits per heavy atom. The second kappa shape index (κ2) is 14.3. The van der Waals surface area contributed by atoms with E-state index in [1.165, 1.54) is 21.1 Å². The van der Waals surface area contributed by atoms with Crippen molar-refractivity contribution in [2.75, 3.05) is 21.1 Å². The fraction of sp³-hybridized carbons (Fsp3) is 0.577. The smallest absolute Gasteiger partial charge is 0.326 e. The number of likely N-dealkylation sites (N-methyl/N-ethyl adjacent to an activating group) is 3. The predicted octanol–water partition coefficient (Wildman–Crippen LogP) is 1.55. The number of nitrogens with zero attached hydrogens (tertiary/aromatic N) is 3. The van der Waals surface area contributed by atoms with Gasteiger partial charge in [0.05, 0.1) is 6.04 Å². The SMILES string of the molecule is CC(C)C[C@H](N)C(=O)N(C)C(=O)N(C)[C@@H](Cc1ccccc1)C(=O)NC(=O)N(C)[C@@H](CC(C)C)C(N)=O. The minimum Gasteiger partial charge on any atom is -0.368 e. The lowest BCUT2D eigenvalue weighted by atomic mass is 10.0. The molecule has 11 heteroatoms. The second-order valence-corrected chi connectivity index (χ2v) is 10.2. The fourth-order valence-corrected chi connectivity index (χ4v) is 3.89. The van der Waals surface area contributed by atoms with E-state index < -0.39 is 47.9 Å². The molecule has 0 heterocycles. The van der Waals surface area contributed by atoms with Crippen LogP contribution in [0.2, 0.25) is 0 Å². The number of carbonyl (C=O) groups is 5. The van der Waals surface area contributed by atoms with Crippen LogP contribution in [0.15, 0.2) is 30.3 Å². The zero-order valence-corrected chi connectivity index (χ0v) is 22.9. The highest BCUT2D eigenvalue weighted by atomic mass is 16.2. The second-order valence-electron chi connectivity index (χ2n) is 10.2. The number of amides is 7. The number of hydrogen-bond donors (Lipinski definition) is 3. The molecule has 0 saturated heterocycles. The third kappa shape index (κ3) is 9.49. The molecule has 0 unspecified atom stereocenters. The van der Waals surface area contributed by atoms with E-state index >= 15 is 0 Å². The number of primary amides is 1. The summed E-state index contributed by atoms with van der Waals surface area (Å²) >= 11 is 0. The minimum atomic E-state index is -1.14. The molecule has 0 saturated carbocycles. The maximum Gasteiger partial charge on any atom is 0.326 e. The van der Waals surface area contributed by atoms with Gasteiger partial charge in [-0.1, -0.05) is 58.0 Å². The molecule has 0 aliphatic carbocycles. The van der Waals surface area contributed by atoms with E-state index in [1.54, 1.807) is 24.3 Å². The normalized spacial score (nSPS) is 13.5. The van der Waals surface area contributed by atoms with E-state index in [2.05, 4.69) is 5.32 Å². The molecule has 0 aromatic heterocycles. The summed E-state index contributed by atoms with van der Waals surface area (Å²) in [5, 5.41) is 2.28. The molecule has 0 bridgehead atoms. The third-order valence-corrected chi connectivity index (χ3v) is 6.04. The van der Waals surface area contributed by atoms with Gasteiger partial charge in [0.15, 0.2) is 0 Å². The summed E-state index contributed by atoms with van der Waals surface area (Å²) in [6, 6.07) is 4.47. The number of benzene rings is 1. The molecule has 1 aromatic rings. The van der Waals surface area contributed by atoms with Gasteiger partial charge in [0.2, 0.25) is 11.8 Å². The van der Waals surface area contributed by atoms with Gasteiger partial charge >= 0.3 is 12.1 Å². The number of hydrogen-bond acceptors (Lipinski definition) is 6. The first-order chi connectivity index (χ1) is 17.2. The van der Waals surface area contributed by atoms with E-state index in [4.69, 9.17) is 11.5 Å². The Balaban J connectivity index is 3.16. The van der Waals surface area contributed by atoms with Gasteiger partial charge in [-0.05, 0) is 30.2 Å². The van der Waals surface area contributed by atoms with Crippen molar-refractivity contribution >= 4 is 29.8 Å². The largest absolute Gasteiger partial charge is 0.368 e. The standard InChI is InChI=1S/C26H42N6O5/c1-16(2)13-19(27)24(35)32(7)26(37)31(6)21(15-18-11-9-8-10-12-18)23(34)29-25(36)30(5)20(22(28)33)14-17(3)4/h8-12,16-17,19-21H,13-15,27H2,1-7H3,(H2,28,33)(H,29,34,36)/t19-,20-,21-/m0/s1. The van der Waals surface area contributed by atoms with Crippen molar-refractivity contribution in [3.05, 3.63) is 35.9 Å². The lowest BCUT2D eigenvalue weighted by Gasteiger charge is -2.32. The fourth-order valence-electron chi connectivity index (χ4n) is 3.89. The van der Waals surface area contributed by atoms with Crippen molar-refractivity contribution in [1.29, 1.82) is 0 Å². The van der Waals surface area contributed by atoms with Crippen LogP contribution in [0.4, 0.5) is 9.59 Å². The molecule has 0 aliphatic rings. The monoisotopic (exact) mass is 518 g/mol. The van der Waals surface area contributed by atoms with Gasteiger partial charge in [-0.25, -0.2) is 9.59 Å². The topological polar surface area (TPSA) is 159 Å². The molecule has 11 nitrogen and oxygen atoms in total. The molecule has 0 fully saturated rings. The number of urea groups is 2. The van der Waals surface area contributed by atoms with Crippen LogP contribution >= 0.6 is 0 Å². The molecule has 3 atom stereocenters. The lowest BCUT2D eigenvalue weighted by molar-refractivity contribution is -0.130. The summed E-state index contributed by atoms with van der Waals surface area (Å²) in [5.74, 6) is -1.80. The average Bonchev–Trinajstić information content (AvgIpc) is 2.83. The van der Waals surface area contributed by atoms with E-state index in [0.717, 1.165) is 20.3 Å². The maximum atomic E-state index is 13.3. The van der Waals surface area contributed by atoms with Crippen LogP contribution in [0.3, 0.4) is 0 Å². The number of rotatable bonds is 11. The van der Waals surface area contributed by atoms with E-state index in [1.807, 2.05) is 33.8 Å². The zero-order chi connectivity index (χ0) is 28.4. The summed E-state index contributed by atoms with van der Waals surface area (Å²) in [4.78, 5) is 67.1. The molecule has 5 N–H and O–H groups in total. The first-order valence-electron chi connectivity index (χ1n) is 12.4. The molecule has 0 radical (unpaired) electrons. The number of imide groups is 2. The molecule has 0 aliphatic heterocycles. The number of nitrogens with one attached hydrogen (secondary N) is 1. The van der Waals surface area contributed by atoms with Crippen LogP contribution in [-0.4, -0.2) is 83.8 Å². The van der Waals surface area contributed by atoms with Gasteiger partial charge in [0, 0.05) is 27.6 Å². The molecule has 37 heavy (non-hydrogen) atoms. The molecule has 1 rings (SSSR count). The average molecular weight is 519 g/mol. The van der Waals surface area contributed by atoms with Gasteiger partial charge in [-0.15, -0.1) is 0 Å². The van der Waals surface area contributed by atoms with E-state index in [9.17, 15) is 24.0 Å². The maximum absolute atomic E-state index is 13.3. The van der Waals surface area contributed by atoms with Gasteiger partial charge in [0.1, 0.15) is 12.1 Å². The Hall–Kier alpha value is -3.47. The highest BCUT2D eigenvalue weighted by Gasteiger charge is 2.35. The van der Waals surface area contributed by atoms with Gasteiger partial charge in [0.25, 0.3) is 5.91 Å². The Kier molecular flexibility index (Phi) is 12.2.